The molecule has 3 aromatic rings. The van der Waals surface area contributed by atoms with Crippen molar-refractivity contribution in [2.24, 2.45) is 0 Å². The van der Waals surface area contributed by atoms with E-state index in [9.17, 15) is 4.79 Å². The van der Waals surface area contributed by atoms with Crippen molar-refractivity contribution >= 4 is 5.91 Å². The molecular formula is C22H24N2O3. The van der Waals surface area contributed by atoms with E-state index in [2.05, 4.69) is 5.16 Å². The highest BCUT2D eigenvalue weighted by atomic mass is 16.5. The number of hydrogen-bond acceptors (Lipinski definition) is 4. The molecule has 0 aliphatic carbocycles. The number of rotatable bonds is 7. The first-order chi connectivity index (χ1) is 13.0. The number of amides is 1. The van der Waals surface area contributed by atoms with Gasteiger partial charge in [-0.2, -0.15) is 0 Å². The maximum Gasteiger partial charge on any atom is 0.227 e. The molecule has 1 heterocycles. The Morgan fingerprint density at radius 3 is 2.37 bits per heavy atom. The van der Waals surface area contributed by atoms with Crippen LogP contribution >= 0.6 is 0 Å². The third-order valence-corrected chi connectivity index (χ3v) is 4.53. The lowest BCUT2D eigenvalue weighted by Gasteiger charge is -2.17. The lowest BCUT2D eigenvalue weighted by molar-refractivity contribution is -0.129. The van der Waals surface area contributed by atoms with Crippen LogP contribution in [-0.4, -0.2) is 23.0 Å². The van der Waals surface area contributed by atoms with Crippen LogP contribution in [-0.2, 0) is 24.4 Å². The third-order valence-electron chi connectivity index (χ3n) is 4.53. The minimum Gasteiger partial charge on any atom is -0.489 e. The molecule has 0 unspecified atom stereocenters. The Morgan fingerprint density at radius 2 is 1.74 bits per heavy atom. The molecule has 1 aromatic heterocycles. The molecule has 0 fully saturated rings. The second-order valence-electron chi connectivity index (χ2n) is 6.65. The summed E-state index contributed by atoms with van der Waals surface area (Å²) >= 11 is 0. The van der Waals surface area contributed by atoms with Gasteiger partial charge in [0.1, 0.15) is 18.1 Å². The first-order valence-electron chi connectivity index (χ1n) is 8.94. The zero-order chi connectivity index (χ0) is 19.2. The summed E-state index contributed by atoms with van der Waals surface area (Å²) in [6.45, 7) is 4.80. The molecule has 27 heavy (non-hydrogen) atoms. The van der Waals surface area contributed by atoms with Crippen LogP contribution in [0.25, 0.3) is 0 Å². The zero-order valence-corrected chi connectivity index (χ0v) is 15.9. The summed E-state index contributed by atoms with van der Waals surface area (Å²) in [5.41, 5.74) is 3.90. The lowest BCUT2D eigenvalue weighted by Crippen LogP contribution is -2.27. The van der Waals surface area contributed by atoms with E-state index < -0.39 is 0 Å². The van der Waals surface area contributed by atoms with E-state index in [1.54, 1.807) is 4.90 Å². The molecule has 0 N–H and O–H groups in total. The largest absolute Gasteiger partial charge is 0.489 e. The van der Waals surface area contributed by atoms with Crippen molar-refractivity contribution in [2.75, 3.05) is 7.05 Å². The van der Waals surface area contributed by atoms with Crippen molar-refractivity contribution in [3.8, 4) is 5.75 Å². The van der Waals surface area contributed by atoms with Crippen LogP contribution in [0.15, 0.2) is 59.1 Å². The van der Waals surface area contributed by atoms with E-state index in [0.29, 0.717) is 19.6 Å². The van der Waals surface area contributed by atoms with Crippen LogP contribution in [0.3, 0.4) is 0 Å². The Labute approximate surface area is 159 Å². The predicted molar refractivity (Wildman–Crippen MR) is 103 cm³/mol. The average Bonchev–Trinajstić information content (AvgIpc) is 3.00. The Kier molecular flexibility index (Phi) is 5.91. The number of aromatic nitrogens is 1. The third kappa shape index (κ3) is 4.97. The molecule has 5 heteroatoms. The minimum absolute atomic E-state index is 0.0863. The number of benzene rings is 2. The normalized spacial score (nSPS) is 10.6. The maximum absolute atomic E-state index is 12.4. The van der Waals surface area contributed by atoms with Crippen LogP contribution in [0.4, 0.5) is 0 Å². The number of nitrogens with zero attached hydrogens (tertiary/aromatic N) is 2. The Bertz CT molecular complexity index is 866. The van der Waals surface area contributed by atoms with Gasteiger partial charge in [-0.1, -0.05) is 47.6 Å². The van der Waals surface area contributed by atoms with Crippen LogP contribution in [0.2, 0.25) is 0 Å². The van der Waals surface area contributed by atoms with Gasteiger partial charge in [0.2, 0.25) is 5.91 Å². The van der Waals surface area contributed by atoms with Gasteiger partial charge in [-0.25, -0.2) is 0 Å². The summed E-state index contributed by atoms with van der Waals surface area (Å²) in [6.07, 6.45) is 0.369. The first kappa shape index (κ1) is 18.7. The van der Waals surface area contributed by atoms with E-state index in [1.807, 2.05) is 75.5 Å². The molecule has 0 saturated carbocycles. The number of aryl methyl sites for hydroxylation is 2. The van der Waals surface area contributed by atoms with Crippen molar-refractivity contribution in [2.45, 2.75) is 33.4 Å². The second kappa shape index (κ2) is 8.54. The summed E-state index contributed by atoms with van der Waals surface area (Å²) in [4.78, 5) is 14.2. The quantitative estimate of drug-likeness (QED) is 0.634. The first-order valence-corrected chi connectivity index (χ1v) is 8.94. The monoisotopic (exact) mass is 364 g/mol. The van der Waals surface area contributed by atoms with Crippen LogP contribution in [0.5, 0.6) is 5.75 Å². The number of carbonyl (C=O) groups is 1. The molecule has 0 atom stereocenters. The second-order valence-corrected chi connectivity index (χ2v) is 6.65. The fraction of sp³-hybridized carbons (Fsp3) is 0.273. The molecule has 3 rings (SSSR count). The van der Waals surface area contributed by atoms with Crippen LogP contribution < -0.4 is 4.74 Å². The van der Waals surface area contributed by atoms with E-state index >= 15 is 0 Å². The Morgan fingerprint density at radius 1 is 1.04 bits per heavy atom. The summed E-state index contributed by atoms with van der Waals surface area (Å²) in [6, 6.07) is 17.6. The highest BCUT2D eigenvalue weighted by Crippen LogP contribution is 2.18. The van der Waals surface area contributed by atoms with E-state index in [1.165, 1.54) is 0 Å². The van der Waals surface area contributed by atoms with E-state index in [-0.39, 0.29) is 5.91 Å². The molecule has 0 spiro atoms. The van der Waals surface area contributed by atoms with Gasteiger partial charge in [0, 0.05) is 13.6 Å². The summed E-state index contributed by atoms with van der Waals surface area (Å²) < 4.78 is 10.9. The fourth-order valence-corrected chi connectivity index (χ4v) is 2.82. The molecule has 0 saturated heterocycles. The summed E-state index contributed by atoms with van der Waals surface area (Å²) in [7, 11) is 1.83. The van der Waals surface area contributed by atoms with Gasteiger partial charge in [-0.05, 0) is 37.1 Å². The highest BCUT2D eigenvalue weighted by molar-refractivity contribution is 5.78. The van der Waals surface area contributed by atoms with Gasteiger partial charge in [0.05, 0.1) is 17.7 Å². The van der Waals surface area contributed by atoms with Crippen molar-refractivity contribution in [3.05, 3.63) is 82.7 Å². The van der Waals surface area contributed by atoms with Crippen LogP contribution in [0.1, 0.15) is 28.1 Å². The maximum atomic E-state index is 12.4. The standard InChI is InChI=1S/C22H24N2O3/c1-16-21(17(2)27-23-16)15-26-20-11-9-18(10-12-20)13-22(25)24(3)14-19-7-5-4-6-8-19/h4-12H,13-15H2,1-3H3. The van der Waals surface area contributed by atoms with Crippen molar-refractivity contribution in [3.63, 3.8) is 0 Å². The van der Waals surface area contributed by atoms with Gasteiger partial charge >= 0.3 is 0 Å². The van der Waals surface area contributed by atoms with Crippen molar-refractivity contribution < 1.29 is 14.1 Å². The fourth-order valence-electron chi connectivity index (χ4n) is 2.82. The smallest absolute Gasteiger partial charge is 0.227 e. The van der Waals surface area contributed by atoms with Gasteiger partial charge in [-0.3, -0.25) is 4.79 Å². The molecule has 0 bridgehead atoms. The summed E-state index contributed by atoms with van der Waals surface area (Å²) in [5, 5.41) is 3.92. The topological polar surface area (TPSA) is 55.6 Å². The van der Waals surface area contributed by atoms with E-state index in [4.69, 9.17) is 9.26 Å². The lowest BCUT2D eigenvalue weighted by atomic mass is 10.1. The molecule has 5 nitrogen and oxygen atoms in total. The molecule has 2 aromatic carbocycles. The number of carbonyl (C=O) groups excluding carboxylic acids is 1. The SMILES string of the molecule is Cc1noc(C)c1COc1ccc(CC(=O)N(C)Cc2ccccc2)cc1. The Balaban J connectivity index is 1.53. The Hall–Kier alpha value is -3.08. The minimum atomic E-state index is 0.0863. The van der Waals surface area contributed by atoms with Crippen LogP contribution in [0, 0.1) is 13.8 Å². The number of hydrogen-bond donors (Lipinski definition) is 0. The molecular weight excluding hydrogens is 340 g/mol. The molecule has 1 amide bonds. The zero-order valence-electron chi connectivity index (χ0n) is 15.9. The average molecular weight is 364 g/mol. The summed E-state index contributed by atoms with van der Waals surface area (Å²) in [5.74, 6) is 1.61. The van der Waals surface area contributed by atoms with Gasteiger partial charge in [-0.15, -0.1) is 0 Å². The highest BCUT2D eigenvalue weighted by Gasteiger charge is 2.11. The van der Waals surface area contributed by atoms with Crippen molar-refractivity contribution in [1.82, 2.24) is 10.1 Å². The number of ether oxygens (including phenoxy) is 1. The van der Waals surface area contributed by atoms with Crippen molar-refractivity contribution in [1.29, 1.82) is 0 Å². The van der Waals surface area contributed by atoms with Gasteiger partial charge < -0.3 is 14.2 Å². The van der Waals surface area contributed by atoms with Gasteiger partial charge in [0.15, 0.2) is 0 Å². The molecule has 140 valence electrons. The van der Waals surface area contributed by atoms with Gasteiger partial charge in [0.25, 0.3) is 0 Å². The molecule has 0 radical (unpaired) electrons. The number of likely N-dealkylation sites (N-methyl/N-ethyl adjacent to an activating group) is 1. The predicted octanol–water partition coefficient (Wildman–Crippen LogP) is 4.07. The molecule has 0 aliphatic heterocycles. The molecule has 0 aliphatic rings. The van der Waals surface area contributed by atoms with E-state index in [0.717, 1.165) is 33.9 Å².